The predicted molar refractivity (Wildman–Crippen MR) is 41.1 cm³/mol. The quantitative estimate of drug-likeness (QED) is 0.512. The number of anilines is 1. The van der Waals surface area contributed by atoms with Gasteiger partial charge in [0.2, 0.25) is 0 Å². The molecule has 0 aliphatic rings. The molecule has 10 heavy (non-hydrogen) atoms. The molecule has 6 heteroatoms. The molecule has 0 spiro atoms. The molecular formula is C4H5ClFN3S. The Kier molecular flexibility index (Phi) is 2.05. The molecule has 0 amide bonds. The zero-order valence-corrected chi connectivity index (χ0v) is 6.75. The SMILES string of the molecule is Cc1c(NF)nn(S)c1Cl. The third kappa shape index (κ3) is 1.06. The molecule has 0 aromatic carbocycles. The second kappa shape index (κ2) is 2.67. The Balaban J connectivity index is 3.17. The van der Waals surface area contributed by atoms with Crippen LogP contribution in [0.3, 0.4) is 0 Å². The van der Waals surface area contributed by atoms with E-state index in [2.05, 4.69) is 17.9 Å². The van der Waals surface area contributed by atoms with Gasteiger partial charge >= 0.3 is 0 Å². The number of hydrogen-bond donors (Lipinski definition) is 2. The first kappa shape index (κ1) is 7.68. The third-order valence-corrected chi connectivity index (χ3v) is 1.98. The minimum Gasteiger partial charge on any atom is -0.204 e. The fourth-order valence-corrected chi connectivity index (χ4v) is 0.918. The van der Waals surface area contributed by atoms with Crippen LogP contribution in [0.1, 0.15) is 5.56 Å². The van der Waals surface area contributed by atoms with E-state index in [-0.39, 0.29) is 5.82 Å². The Morgan fingerprint density at radius 3 is 2.60 bits per heavy atom. The Morgan fingerprint density at radius 2 is 2.40 bits per heavy atom. The van der Waals surface area contributed by atoms with Crippen molar-refractivity contribution in [1.82, 2.24) is 9.19 Å². The van der Waals surface area contributed by atoms with E-state index in [0.29, 0.717) is 10.7 Å². The molecule has 1 heterocycles. The van der Waals surface area contributed by atoms with Gasteiger partial charge in [-0.15, -0.1) is 9.58 Å². The highest BCUT2D eigenvalue weighted by Gasteiger charge is 2.09. The van der Waals surface area contributed by atoms with Gasteiger partial charge in [0.25, 0.3) is 0 Å². The molecule has 1 aromatic rings. The minimum atomic E-state index is 0.0972. The lowest BCUT2D eigenvalue weighted by atomic mass is 10.4. The summed E-state index contributed by atoms with van der Waals surface area (Å²) in [6.45, 7) is 1.64. The van der Waals surface area contributed by atoms with E-state index < -0.39 is 0 Å². The molecule has 0 saturated heterocycles. The summed E-state index contributed by atoms with van der Waals surface area (Å²) >= 11 is 9.40. The minimum absolute atomic E-state index is 0.0972. The highest BCUT2D eigenvalue weighted by Crippen LogP contribution is 2.23. The van der Waals surface area contributed by atoms with Gasteiger partial charge in [0, 0.05) is 5.56 Å². The normalized spacial score (nSPS) is 10.0. The average molecular weight is 182 g/mol. The van der Waals surface area contributed by atoms with Crippen molar-refractivity contribution in [3.8, 4) is 0 Å². The molecule has 0 atom stereocenters. The van der Waals surface area contributed by atoms with Crippen LogP contribution in [0, 0.1) is 6.92 Å². The van der Waals surface area contributed by atoms with Gasteiger partial charge in [-0.3, -0.25) is 0 Å². The van der Waals surface area contributed by atoms with Crippen molar-refractivity contribution in [2.45, 2.75) is 6.92 Å². The summed E-state index contributed by atoms with van der Waals surface area (Å²) in [5.41, 5.74) is 1.93. The van der Waals surface area contributed by atoms with Crippen LogP contribution < -0.4 is 5.54 Å². The lowest BCUT2D eigenvalue weighted by Gasteiger charge is -1.87. The molecular weight excluding hydrogens is 177 g/mol. The predicted octanol–water partition coefficient (Wildman–Crippen LogP) is 1.83. The van der Waals surface area contributed by atoms with Crippen molar-refractivity contribution in [1.29, 1.82) is 0 Å². The van der Waals surface area contributed by atoms with Crippen molar-refractivity contribution in [2.24, 2.45) is 0 Å². The van der Waals surface area contributed by atoms with Crippen LogP contribution in [0.5, 0.6) is 0 Å². The van der Waals surface area contributed by atoms with Gasteiger partial charge in [0.15, 0.2) is 5.82 Å². The monoisotopic (exact) mass is 181 g/mol. The first-order chi connectivity index (χ1) is 4.66. The van der Waals surface area contributed by atoms with Crippen LogP contribution in [0.4, 0.5) is 10.3 Å². The zero-order valence-electron chi connectivity index (χ0n) is 5.10. The number of halogens is 2. The number of nitrogens with zero attached hydrogens (tertiary/aromatic N) is 2. The van der Waals surface area contributed by atoms with E-state index in [4.69, 9.17) is 11.6 Å². The van der Waals surface area contributed by atoms with E-state index in [0.717, 1.165) is 4.09 Å². The number of aromatic nitrogens is 2. The molecule has 0 unspecified atom stereocenters. The maximum atomic E-state index is 11.8. The zero-order chi connectivity index (χ0) is 7.72. The number of hydrogen-bond acceptors (Lipinski definition) is 3. The largest absolute Gasteiger partial charge is 0.204 e. The van der Waals surface area contributed by atoms with Gasteiger partial charge in [-0.25, -0.2) is 5.54 Å². The van der Waals surface area contributed by atoms with E-state index in [1.165, 1.54) is 5.54 Å². The van der Waals surface area contributed by atoms with Gasteiger partial charge in [0.05, 0.1) is 0 Å². The molecule has 0 aliphatic heterocycles. The van der Waals surface area contributed by atoms with Crippen molar-refractivity contribution in [3.05, 3.63) is 10.7 Å². The summed E-state index contributed by atoms with van der Waals surface area (Å²) in [7, 11) is 0. The molecule has 0 radical (unpaired) electrons. The lowest BCUT2D eigenvalue weighted by Crippen LogP contribution is -1.85. The Labute approximate surface area is 67.6 Å². The molecule has 3 nitrogen and oxygen atoms in total. The van der Waals surface area contributed by atoms with Gasteiger partial charge < -0.3 is 0 Å². The van der Waals surface area contributed by atoms with Gasteiger partial charge in [-0.1, -0.05) is 11.6 Å². The standard InChI is InChI=1S/C4H5ClFN3S/c1-2-3(5)9(10)8-4(2)7-6/h10H,1H3,(H,7,8). The van der Waals surface area contributed by atoms with Gasteiger partial charge in [0.1, 0.15) is 5.15 Å². The second-order valence-corrected chi connectivity index (χ2v) is 2.49. The lowest BCUT2D eigenvalue weighted by molar-refractivity contribution is 0.609. The Hall–Kier alpha value is -0.420. The molecule has 1 aromatic heterocycles. The summed E-state index contributed by atoms with van der Waals surface area (Å²) in [5.74, 6) is 0.0972. The summed E-state index contributed by atoms with van der Waals surface area (Å²) in [6, 6.07) is 0. The van der Waals surface area contributed by atoms with Crippen LogP contribution in [-0.2, 0) is 0 Å². The first-order valence-electron chi connectivity index (χ1n) is 2.48. The van der Waals surface area contributed by atoms with E-state index in [9.17, 15) is 4.48 Å². The molecule has 0 bridgehead atoms. The van der Waals surface area contributed by atoms with E-state index in [1.807, 2.05) is 0 Å². The number of nitrogens with one attached hydrogen (secondary N) is 1. The van der Waals surface area contributed by atoms with Crippen LogP contribution in [0.15, 0.2) is 0 Å². The van der Waals surface area contributed by atoms with Crippen molar-refractivity contribution >= 4 is 30.2 Å². The number of thiol groups is 1. The maximum absolute atomic E-state index is 11.8. The highest BCUT2D eigenvalue weighted by molar-refractivity contribution is 7.78. The average Bonchev–Trinajstić information content (AvgIpc) is 2.17. The van der Waals surface area contributed by atoms with E-state index in [1.54, 1.807) is 6.92 Å². The molecule has 1 N–H and O–H groups in total. The van der Waals surface area contributed by atoms with E-state index >= 15 is 0 Å². The summed E-state index contributed by atoms with van der Waals surface area (Å²) in [6.07, 6.45) is 0. The summed E-state index contributed by atoms with van der Waals surface area (Å²) in [4.78, 5) is 0. The van der Waals surface area contributed by atoms with Crippen LogP contribution in [0.25, 0.3) is 0 Å². The van der Waals surface area contributed by atoms with Gasteiger partial charge in [-0.05, 0) is 19.7 Å². The highest BCUT2D eigenvalue weighted by atomic mass is 35.5. The topological polar surface area (TPSA) is 29.9 Å². The summed E-state index contributed by atoms with van der Waals surface area (Å²) in [5, 5.41) is 3.90. The number of rotatable bonds is 1. The van der Waals surface area contributed by atoms with Crippen LogP contribution in [0.2, 0.25) is 5.15 Å². The van der Waals surface area contributed by atoms with Crippen molar-refractivity contribution < 1.29 is 4.48 Å². The molecule has 0 saturated carbocycles. The first-order valence-corrected chi connectivity index (χ1v) is 3.25. The fourth-order valence-electron chi connectivity index (χ4n) is 0.551. The molecule has 1 rings (SSSR count). The molecule has 56 valence electrons. The fraction of sp³-hybridized carbons (Fsp3) is 0.250. The Morgan fingerprint density at radius 1 is 1.80 bits per heavy atom. The summed E-state index contributed by atoms with van der Waals surface area (Å²) < 4.78 is 12.9. The van der Waals surface area contributed by atoms with Gasteiger partial charge in [-0.2, -0.15) is 4.09 Å². The van der Waals surface area contributed by atoms with Crippen LogP contribution >= 0.6 is 24.4 Å². The third-order valence-electron chi connectivity index (χ3n) is 1.12. The van der Waals surface area contributed by atoms with Crippen LogP contribution in [-0.4, -0.2) is 9.19 Å². The Bertz CT molecular complexity index is 249. The maximum Gasteiger partial charge on any atom is 0.181 e. The molecule has 0 fully saturated rings. The van der Waals surface area contributed by atoms with Crippen molar-refractivity contribution in [3.63, 3.8) is 0 Å². The molecule has 0 aliphatic carbocycles. The second-order valence-electron chi connectivity index (χ2n) is 1.75. The van der Waals surface area contributed by atoms with Crippen molar-refractivity contribution in [2.75, 3.05) is 5.54 Å². The smallest absolute Gasteiger partial charge is 0.181 e.